The summed E-state index contributed by atoms with van der Waals surface area (Å²) in [6, 6.07) is 0. The molecule has 0 spiro atoms. The Morgan fingerprint density at radius 1 is 1.39 bits per heavy atom. The lowest BCUT2D eigenvalue weighted by Gasteiger charge is -2.30. The molecule has 0 aliphatic carbocycles. The average Bonchev–Trinajstić information content (AvgIpc) is 2.92. The summed E-state index contributed by atoms with van der Waals surface area (Å²) >= 11 is 1.79. The van der Waals surface area contributed by atoms with Crippen molar-refractivity contribution >= 4 is 41.3 Å². The minimum absolute atomic E-state index is 0. The van der Waals surface area contributed by atoms with Crippen LogP contribution < -0.4 is 10.6 Å². The first-order chi connectivity index (χ1) is 10.4. The maximum Gasteiger partial charge on any atom is 0.191 e. The van der Waals surface area contributed by atoms with Gasteiger partial charge in [-0.15, -0.1) is 35.3 Å². The van der Waals surface area contributed by atoms with Gasteiger partial charge in [-0.2, -0.15) is 0 Å². The molecule has 0 amide bonds. The minimum atomic E-state index is 0. The summed E-state index contributed by atoms with van der Waals surface area (Å²) in [6.07, 6.45) is 4.08. The molecule has 1 aromatic heterocycles. The lowest BCUT2D eigenvalue weighted by Crippen LogP contribution is -2.45. The van der Waals surface area contributed by atoms with Crippen LogP contribution in [0.2, 0.25) is 0 Å². The number of hydrogen-bond donors (Lipinski definition) is 2. The third-order valence-corrected chi connectivity index (χ3v) is 4.71. The Morgan fingerprint density at radius 2 is 2.09 bits per heavy atom. The van der Waals surface area contributed by atoms with Crippen LogP contribution in [0.25, 0.3) is 0 Å². The van der Waals surface area contributed by atoms with Gasteiger partial charge in [0.15, 0.2) is 5.96 Å². The van der Waals surface area contributed by atoms with Gasteiger partial charge in [0, 0.05) is 44.7 Å². The van der Waals surface area contributed by atoms with Crippen molar-refractivity contribution in [3.63, 3.8) is 0 Å². The van der Waals surface area contributed by atoms with E-state index in [9.17, 15) is 0 Å². The standard InChI is InChI=1S/C16H30N4OS.HI/c1-7-12-10-19-14(22-12)8-9-18-15(17-5)20-11-13(21-6)16(2,3)4;/h10,13H,7-9,11H2,1-6H3,(H2,17,18,20);1H. The van der Waals surface area contributed by atoms with Gasteiger partial charge in [-0.05, 0) is 11.8 Å². The van der Waals surface area contributed by atoms with Crippen molar-refractivity contribution < 1.29 is 4.74 Å². The van der Waals surface area contributed by atoms with Gasteiger partial charge < -0.3 is 15.4 Å². The molecule has 134 valence electrons. The zero-order valence-electron chi connectivity index (χ0n) is 15.1. The number of guanidine groups is 1. The summed E-state index contributed by atoms with van der Waals surface area (Å²) in [5.41, 5.74) is 0.0953. The molecule has 0 radical (unpaired) electrons. The van der Waals surface area contributed by atoms with Crippen molar-refractivity contribution in [3.8, 4) is 0 Å². The third-order valence-electron chi connectivity index (χ3n) is 3.51. The number of aliphatic imine (C=N–C) groups is 1. The van der Waals surface area contributed by atoms with E-state index in [1.165, 1.54) is 9.88 Å². The van der Waals surface area contributed by atoms with Crippen LogP contribution in [0, 0.1) is 5.41 Å². The summed E-state index contributed by atoms with van der Waals surface area (Å²) in [5, 5.41) is 7.82. The molecular formula is C16H31IN4OS. The van der Waals surface area contributed by atoms with Gasteiger partial charge in [-0.1, -0.05) is 27.7 Å². The van der Waals surface area contributed by atoms with Crippen molar-refractivity contribution in [2.45, 2.75) is 46.6 Å². The van der Waals surface area contributed by atoms with E-state index in [0.717, 1.165) is 31.9 Å². The van der Waals surface area contributed by atoms with Crippen molar-refractivity contribution in [1.29, 1.82) is 0 Å². The van der Waals surface area contributed by atoms with Gasteiger partial charge in [0.2, 0.25) is 0 Å². The minimum Gasteiger partial charge on any atom is -0.379 e. The molecule has 0 aliphatic heterocycles. The number of thiazole rings is 1. The van der Waals surface area contributed by atoms with Crippen LogP contribution in [0.1, 0.15) is 37.6 Å². The molecule has 0 bridgehead atoms. The molecule has 1 unspecified atom stereocenters. The Balaban J connectivity index is 0.00000484. The lowest BCUT2D eigenvalue weighted by atomic mass is 9.89. The van der Waals surface area contributed by atoms with E-state index in [4.69, 9.17) is 4.74 Å². The molecular weight excluding hydrogens is 423 g/mol. The first-order valence-electron chi connectivity index (χ1n) is 7.81. The molecule has 0 aliphatic rings. The van der Waals surface area contributed by atoms with Gasteiger partial charge >= 0.3 is 0 Å². The Morgan fingerprint density at radius 3 is 2.57 bits per heavy atom. The number of nitrogens with zero attached hydrogens (tertiary/aromatic N) is 2. The van der Waals surface area contributed by atoms with Crippen LogP contribution >= 0.6 is 35.3 Å². The third kappa shape index (κ3) is 8.30. The maximum atomic E-state index is 5.54. The molecule has 0 aromatic carbocycles. The van der Waals surface area contributed by atoms with Crippen LogP contribution in [0.15, 0.2) is 11.2 Å². The Hall–Kier alpha value is -0.410. The molecule has 1 rings (SSSR count). The molecule has 2 N–H and O–H groups in total. The highest BCUT2D eigenvalue weighted by Crippen LogP contribution is 2.20. The topological polar surface area (TPSA) is 58.5 Å². The van der Waals surface area contributed by atoms with E-state index in [0.29, 0.717) is 0 Å². The van der Waals surface area contributed by atoms with Crippen LogP contribution in [0.4, 0.5) is 0 Å². The van der Waals surface area contributed by atoms with Crippen molar-refractivity contribution in [1.82, 2.24) is 15.6 Å². The zero-order chi connectivity index (χ0) is 16.6. The quantitative estimate of drug-likeness (QED) is 0.378. The summed E-state index contributed by atoms with van der Waals surface area (Å²) in [5.74, 6) is 0.804. The summed E-state index contributed by atoms with van der Waals surface area (Å²) in [7, 11) is 3.54. The van der Waals surface area contributed by atoms with Gasteiger partial charge in [0.25, 0.3) is 0 Å². The second-order valence-electron chi connectivity index (χ2n) is 6.29. The van der Waals surface area contributed by atoms with Crippen LogP contribution in [0.5, 0.6) is 0 Å². The number of hydrogen-bond acceptors (Lipinski definition) is 4. The van der Waals surface area contributed by atoms with E-state index in [1.54, 1.807) is 25.5 Å². The summed E-state index contributed by atoms with van der Waals surface area (Å²) in [6.45, 7) is 10.2. The fraction of sp³-hybridized carbons (Fsp3) is 0.750. The number of halogens is 1. The Kier molecular flexibility index (Phi) is 11.0. The highest BCUT2D eigenvalue weighted by molar-refractivity contribution is 14.0. The summed E-state index contributed by atoms with van der Waals surface area (Å²) < 4.78 is 5.54. The molecule has 0 fully saturated rings. The molecule has 5 nitrogen and oxygen atoms in total. The first-order valence-corrected chi connectivity index (χ1v) is 8.63. The molecule has 7 heteroatoms. The number of ether oxygens (including phenoxy) is 1. The Bertz CT molecular complexity index is 471. The van der Waals surface area contributed by atoms with Crippen LogP contribution in [0.3, 0.4) is 0 Å². The highest BCUT2D eigenvalue weighted by atomic mass is 127. The average molecular weight is 454 g/mol. The van der Waals surface area contributed by atoms with E-state index >= 15 is 0 Å². The number of rotatable bonds is 7. The SMILES string of the molecule is CCc1cnc(CCNC(=NC)NCC(OC)C(C)(C)C)s1.I. The lowest BCUT2D eigenvalue weighted by molar-refractivity contribution is 0.0205. The fourth-order valence-corrected chi connectivity index (χ4v) is 2.93. The summed E-state index contributed by atoms with van der Waals surface area (Å²) in [4.78, 5) is 10.0. The smallest absolute Gasteiger partial charge is 0.191 e. The van der Waals surface area contributed by atoms with E-state index in [1.807, 2.05) is 6.20 Å². The predicted molar refractivity (Wildman–Crippen MR) is 110 cm³/mol. The second kappa shape index (κ2) is 11.2. The predicted octanol–water partition coefficient (Wildman–Crippen LogP) is 3.09. The van der Waals surface area contributed by atoms with Gasteiger partial charge in [-0.3, -0.25) is 4.99 Å². The fourth-order valence-electron chi connectivity index (χ4n) is 2.07. The maximum absolute atomic E-state index is 5.54. The van der Waals surface area contributed by atoms with E-state index in [2.05, 4.69) is 48.3 Å². The van der Waals surface area contributed by atoms with Crippen LogP contribution in [-0.2, 0) is 17.6 Å². The normalized spacial score (nSPS) is 13.4. The number of aromatic nitrogens is 1. The zero-order valence-corrected chi connectivity index (χ0v) is 18.2. The Labute approximate surface area is 161 Å². The van der Waals surface area contributed by atoms with Gasteiger partial charge in [0.05, 0.1) is 11.1 Å². The second-order valence-corrected chi connectivity index (χ2v) is 7.49. The van der Waals surface area contributed by atoms with E-state index < -0.39 is 0 Å². The van der Waals surface area contributed by atoms with Crippen molar-refractivity contribution in [2.24, 2.45) is 10.4 Å². The number of aryl methyl sites for hydroxylation is 1. The molecule has 0 saturated carbocycles. The van der Waals surface area contributed by atoms with E-state index in [-0.39, 0.29) is 35.5 Å². The van der Waals surface area contributed by atoms with Crippen molar-refractivity contribution in [3.05, 3.63) is 16.1 Å². The van der Waals surface area contributed by atoms with Gasteiger partial charge in [-0.25, -0.2) is 4.98 Å². The molecule has 1 aromatic rings. The molecule has 1 heterocycles. The number of nitrogens with one attached hydrogen (secondary N) is 2. The van der Waals surface area contributed by atoms with Crippen LogP contribution in [-0.4, -0.2) is 44.3 Å². The monoisotopic (exact) mass is 454 g/mol. The van der Waals surface area contributed by atoms with Crippen molar-refractivity contribution in [2.75, 3.05) is 27.2 Å². The molecule has 23 heavy (non-hydrogen) atoms. The highest BCUT2D eigenvalue weighted by Gasteiger charge is 2.24. The first kappa shape index (κ1) is 22.6. The molecule has 1 atom stereocenters. The van der Waals surface area contributed by atoms with Gasteiger partial charge in [0.1, 0.15) is 0 Å². The largest absolute Gasteiger partial charge is 0.379 e. The molecule has 0 saturated heterocycles. The number of methoxy groups -OCH3 is 1.